The summed E-state index contributed by atoms with van der Waals surface area (Å²) in [4.78, 5) is 41.9. The molecule has 0 aliphatic rings. The summed E-state index contributed by atoms with van der Waals surface area (Å²) in [5.41, 5.74) is 7.46. The highest BCUT2D eigenvalue weighted by molar-refractivity contribution is 5.91. The van der Waals surface area contributed by atoms with E-state index in [0.717, 1.165) is 5.56 Å². The van der Waals surface area contributed by atoms with E-state index in [0.29, 0.717) is 12.1 Å². The number of carbonyl (C=O) groups excluding carboxylic acids is 2. The smallest absolute Gasteiger partial charge is 0.322 e. The number of carbonyl (C=O) groups is 3. The predicted octanol–water partition coefficient (Wildman–Crippen LogP) is -0.792. The molecule has 0 aliphatic heterocycles. The van der Waals surface area contributed by atoms with Gasteiger partial charge in [0.05, 0.1) is 12.4 Å². The van der Waals surface area contributed by atoms with Crippen LogP contribution in [0.4, 0.5) is 0 Å². The zero-order valence-electron chi connectivity index (χ0n) is 14.0. The third kappa shape index (κ3) is 6.02. The van der Waals surface area contributed by atoms with E-state index in [9.17, 15) is 14.4 Å². The molecule has 2 aromatic rings. The van der Waals surface area contributed by atoms with Gasteiger partial charge >= 0.3 is 5.97 Å². The highest BCUT2D eigenvalue weighted by Gasteiger charge is 2.25. The number of hydrogen-bond donors (Lipinski definition) is 5. The summed E-state index contributed by atoms with van der Waals surface area (Å²) in [5, 5.41) is 13.5. The van der Waals surface area contributed by atoms with Crippen LogP contribution in [-0.4, -0.2) is 51.5 Å². The average molecular weight is 359 g/mol. The lowest BCUT2D eigenvalue weighted by Gasteiger charge is -2.20. The Kier molecular flexibility index (Phi) is 6.86. The van der Waals surface area contributed by atoms with Crippen molar-refractivity contribution in [3.05, 3.63) is 54.1 Å². The summed E-state index contributed by atoms with van der Waals surface area (Å²) in [5.74, 6) is -2.28. The van der Waals surface area contributed by atoms with Gasteiger partial charge in [-0.1, -0.05) is 30.3 Å². The number of aromatic amines is 1. The fraction of sp³-hybridized carbons (Fsp3) is 0.294. The first kappa shape index (κ1) is 19.1. The molecular weight excluding hydrogens is 338 g/mol. The van der Waals surface area contributed by atoms with Crippen LogP contribution < -0.4 is 16.4 Å². The van der Waals surface area contributed by atoms with Crippen LogP contribution in [0.1, 0.15) is 11.3 Å². The van der Waals surface area contributed by atoms with Crippen LogP contribution in [-0.2, 0) is 27.2 Å². The topological polar surface area (TPSA) is 150 Å². The zero-order valence-corrected chi connectivity index (χ0v) is 14.0. The Morgan fingerprint density at radius 3 is 2.50 bits per heavy atom. The van der Waals surface area contributed by atoms with Gasteiger partial charge in [0.25, 0.3) is 0 Å². The molecule has 2 rings (SSSR count). The third-order valence-electron chi connectivity index (χ3n) is 3.66. The lowest BCUT2D eigenvalue weighted by molar-refractivity contribution is -0.138. The first-order valence-electron chi connectivity index (χ1n) is 8.02. The van der Waals surface area contributed by atoms with E-state index >= 15 is 0 Å². The van der Waals surface area contributed by atoms with Crippen molar-refractivity contribution < 1.29 is 19.5 Å². The van der Waals surface area contributed by atoms with Crippen molar-refractivity contribution in [1.29, 1.82) is 0 Å². The maximum atomic E-state index is 12.4. The monoisotopic (exact) mass is 359 g/mol. The van der Waals surface area contributed by atoms with Gasteiger partial charge in [-0.2, -0.15) is 0 Å². The maximum absolute atomic E-state index is 12.4. The molecule has 0 aliphatic carbocycles. The SMILES string of the molecule is NC(Cc1ccccc1)C(=O)NC(Cc1cnc[nH]1)C(=O)NCC(=O)O. The van der Waals surface area contributed by atoms with Gasteiger partial charge in [-0.05, 0) is 12.0 Å². The van der Waals surface area contributed by atoms with Gasteiger partial charge < -0.3 is 26.5 Å². The molecule has 0 bridgehead atoms. The molecule has 6 N–H and O–H groups in total. The van der Waals surface area contributed by atoms with Crippen molar-refractivity contribution in [2.24, 2.45) is 5.73 Å². The van der Waals surface area contributed by atoms with E-state index in [4.69, 9.17) is 10.8 Å². The minimum atomic E-state index is -1.18. The number of nitrogens with one attached hydrogen (secondary N) is 3. The highest BCUT2D eigenvalue weighted by atomic mass is 16.4. The third-order valence-corrected chi connectivity index (χ3v) is 3.66. The van der Waals surface area contributed by atoms with Crippen LogP contribution in [0.3, 0.4) is 0 Å². The van der Waals surface area contributed by atoms with Crippen molar-refractivity contribution in [3.63, 3.8) is 0 Å². The highest BCUT2D eigenvalue weighted by Crippen LogP contribution is 2.04. The minimum absolute atomic E-state index is 0.134. The van der Waals surface area contributed by atoms with Gasteiger partial charge in [-0.15, -0.1) is 0 Å². The van der Waals surface area contributed by atoms with E-state index in [1.54, 1.807) is 0 Å². The first-order valence-corrected chi connectivity index (χ1v) is 8.02. The van der Waals surface area contributed by atoms with E-state index in [-0.39, 0.29) is 6.42 Å². The van der Waals surface area contributed by atoms with Gasteiger partial charge in [0.2, 0.25) is 11.8 Å². The van der Waals surface area contributed by atoms with E-state index in [1.807, 2.05) is 30.3 Å². The Labute approximate surface area is 150 Å². The molecule has 1 aromatic heterocycles. The molecule has 0 spiro atoms. The fourth-order valence-electron chi connectivity index (χ4n) is 2.35. The van der Waals surface area contributed by atoms with Gasteiger partial charge in [0, 0.05) is 18.3 Å². The van der Waals surface area contributed by atoms with Crippen molar-refractivity contribution >= 4 is 17.8 Å². The number of rotatable bonds is 9. The molecule has 2 unspecified atom stereocenters. The first-order chi connectivity index (χ1) is 12.5. The fourth-order valence-corrected chi connectivity index (χ4v) is 2.35. The normalized spacial score (nSPS) is 12.8. The van der Waals surface area contributed by atoms with Crippen molar-refractivity contribution in [2.45, 2.75) is 24.9 Å². The molecule has 9 nitrogen and oxygen atoms in total. The van der Waals surface area contributed by atoms with Crippen molar-refractivity contribution in [2.75, 3.05) is 6.54 Å². The number of benzene rings is 1. The van der Waals surface area contributed by atoms with Gasteiger partial charge in [0.15, 0.2) is 0 Å². The van der Waals surface area contributed by atoms with Crippen LogP contribution in [0, 0.1) is 0 Å². The van der Waals surface area contributed by atoms with Crippen molar-refractivity contribution in [1.82, 2.24) is 20.6 Å². The summed E-state index contributed by atoms with van der Waals surface area (Å²) in [7, 11) is 0. The second-order valence-electron chi connectivity index (χ2n) is 5.75. The molecule has 0 fully saturated rings. The molecule has 9 heteroatoms. The minimum Gasteiger partial charge on any atom is -0.480 e. The largest absolute Gasteiger partial charge is 0.480 e. The second kappa shape index (κ2) is 9.33. The van der Waals surface area contributed by atoms with E-state index in [2.05, 4.69) is 20.6 Å². The van der Waals surface area contributed by atoms with Crippen LogP contribution in [0.2, 0.25) is 0 Å². The summed E-state index contributed by atoms with van der Waals surface area (Å²) in [6.07, 6.45) is 3.42. The number of aliphatic carboxylic acids is 1. The summed E-state index contributed by atoms with van der Waals surface area (Å²) >= 11 is 0. The summed E-state index contributed by atoms with van der Waals surface area (Å²) in [6.45, 7) is -0.537. The second-order valence-corrected chi connectivity index (χ2v) is 5.75. The van der Waals surface area contributed by atoms with Gasteiger partial charge in [-0.3, -0.25) is 14.4 Å². The number of nitrogens with two attached hydrogens (primary N) is 1. The standard InChI is InChI=1S/C17H21N5O4/c18-13(6-11-4-2-1-3-5-11)16(25)22-14(7-12-8-19-10-21-12)17(26)20-9-15(23)24/h1-5,8,10,13-14H,6-7,9,18H2,(H,19,21)(H,20,26)(H,22,25)(H,23,24). The Hall–Kier alpha value is -3.20. The van der Waals surface area contributed by atoms with Crippen LogP contribution in [0.15, 0.2) is 42.9 Å². The Bertz CT molecular complexity index is 733. The Morgan fingerprint density at radius 2 is 1.88 bits per heavy atom. The molecular formula is C17H21N5O4. The predicted molar refractivity (Wildman–Crippen MR) is 93.0 cm³/mol. The molecule has 0 saturated carbocycles. The molecule has 1 aromatic carbocycles. The number of carboxylic acid groups (broad SMARTS) is 1. The molecule has 1 heterocycles. The molecule has 138 valence electrons. The van der Waals surface area contributed by atoms with Crippen LogP contribution in [0.5, 0.6) is 0 Å². The number of amides is 2. The van der Waals surface area contributed by atoms with Crippen LogP contribution >= 0.6 is 0 Å². The average Bonchev–Trinajstić information content (AvgIpc) is 3.13. The number of hydrogen-bond acceptors (Lipinski definition) is 5. The Morgan fingerprint density at radius 1 is 1.15 bits per heavy atom. The number of aromatic nitrogens is 2. The number of carboxylic acids is 1. The summed E-state index contributed by atoms with van der Waals surface area (Å²) in [6, 6.07) is 7.46. The van der Waals surface area contributed by atoms with Crippen LogP contribution in [0.25, 0.3) is 0 Å². The lowest BCUT2D eigenvalue weighted by Crippen LogP contribution is -2.53. The summed E-state index contributed by atoms with van der Waals surface area (Å²) < 4.78 is 0. The zero-order chi connectivity index (χ0) is 18.9. The van der Waals surface area contributed by atoms with Crippen molar-refractivity contribution in [3.8, 4) is 0 Å². The molecule has 26 heavy (non-hydrogen) atoms. The Balaban J connectivity index is 2.00. The maximum Gasteiger partial charge on any atom is 0.322 e. The molecule has 0 saturated heterocycles. The number of H-pyrrole nitrogens is 1. The molecule has 2 atom stereocenters. The van der Waals surface area contributed by atoms with E-state index < -0.39 is 36.4 Å². The quantitative estimate of drug-likeness (QED) is 0.396. The van der Waals surface area contributed by atoms with Gasteiger partial charge in [0.1, 0.15) is 12.6 Å². The van der Waals surface area contributed by atoms with E-state index in [1.165, 1.54) is 12.5 Å². The van der Waals surface area contributed by atoms with Gasteiger partial charge in [-0.25, -0.2) is 4.98 Å². The molecule has 0 radical (unpaired) electrons. The number of nitrogens with zero attached hydrogens (tertiary/aromatic N) is 1. The lowest BCUT2D eigenvalue weighted by atomic mass is 10.0. The number of imidazole rings is 1. The molecule has 2 amide bonds.